The number of ether oxygens (including phenoxy) is 1. The van der Waals surface area contributed by atoms with Crippen LogP contribution in [0.1, 0.15) is 15.9 Å². The normalized spacial score (nSPS) is 10.2. The Bertz CT molecular complexity index is 737. The van der Waals surface area contributed by atoms with Gasteiger partial charge in [0.15, 0.2) is 0 Å². The number of nitrogens with one attached hydrogen (secondary N) is 1. The lowest BCUT2D eigenvalue weighted by Gasteiger charge is -2.09. The monoisotopic (exact) mass is 336 g/mol. The second-order valence-electron chi connectivity index (χ2n) is 4.70. The van der Waals surface area contributed by atoms with Gasteiger partial charge in [0, 0.05) is 16.1 Å². The Morgan fingerprint density at radius 1 is 1.22 bits per heavy atom. The van der Waals surface area contributed by atoms with Gasteiger partial charge in [-0.05, 0) is 36.4 Å². The summed E-state index contributed by atoms with van der Waals surface area (Å²) in [6.07, 6.45) is 0. The molecule has 23 heavy (non-hydrogen) atoms. The van der Waals surface area contributed by atoms with Crippen molar-refractivity contribution in [3.05, 3.63) is 64.4 Å². The molecule has 0 bridgehead atoms. The van der Waals surface area contributed by atoms with Gasteiger partial charge in [-0.15, -0.1) is 0 Å². The molecule has 5 nitrogen and oxygen atoms in total. The van der Waals surface area contributed by atoms with E-state index in [1.54, 1.807) is 18.2 Å². The average Bonchev–Trinajstić information content (AvgIpc) is 2.53. The zero-order valence-electron chi connectivity index (χ0n) is 12.0. The average molecular weight is 337 g/mol. The van der Waals surface area contributed by atoms with E-state index >= 15 is 0 Å². The van der Waals surface area contributed by atoms with E-state index in [1.807, 2.05) is 0 Å². The van der Waals surface area contributed by atoms with Crippen molar-refractivity contribution in [1.29, 1.82) is 0 Å². The van der Waals surface area contributed by atoms with Crippen LogP contribution in [0.15, 0.2) is 42.5 Å². The number of carbonyl (C=O) groups is 2. The molecule has 0 saturated heterocycles. The van der Waals surface area contributed by atoms with E-state index in [9.17, 15) is 14.0 Å². The fraction of sp³-hybridized carbons (Fsp3) is 0.125. The standard InChI is InChI=1S/C16H14ClFN2O3/c17-12-4-5-14(18)11(6-12)9-23-13-3-1-2-10(7-13)16(22)20-8-15(19)21/h1-7H,8-9H2,(H2,19,21)(H,20,22). The van der Waals surface area contributed by atoms with Gasteiger partial charge in [-0.3, -0.25) is 9.59 Å². The molecule has 2 aromatic rings. The van der Waals surface area contributed by atoms with Crippen LogP contribution in [0.2, 0.25) is 5.02 Å². The maximum absolute atomic E-state index is 13.6. The Balaban J connectivity index is 2.03. The van der Waals surface area contributed by atoms with Crippen molar-refractivity contribution in [1.82, 2.24) is 5.32 Å². The number of hydrogen-bond acceptors (Lipinski definition) is 3. The third-order valence-electron chi connectivity index (χ3n) is 2.92. The van der Waals surface area contributed by atoms with Crippen molar-refractivity contribution in [3.63, 3.8) is 0 Å². The largest absolute Gasteiger partial charge is 0.489 e. The summed E-state index contributed by atoms with van der Waals surface area (Å²) in [5.74, 6) is -1.13. The summed E-state index contributed by atoms with van der Waals surface area (Å²) in [4.78, 5) is 22.5. The van der Waals surface area contributed by atoms with Gasteiger partial charge >= 0.3 is 0 Å². The summed E-state index contributed by atoms with van der Waals surface area (Å²) >= 11 is 5.81. The molecule has 2 rings (SSSR count). The highest BCUT2D eigenvalue weighted by atomic mass is 35.5. The lowest BCUT2D eigenvalue weighted by molar-refractivity contribution is -0.117. The van der Waals surface area contributed by atoms with Crippen LogP contribution in [0.3, 0.4) is 0 Å². The molecule has 7 heteroatoms. The lowest BCUT2D eigenvalue weighted by atomic mass is 10.2. The molecule has 120 valence electrons. The summed E-state index contributed by atoms with van der Waals surface area (Å²) in [7, 11) is 0. The highest BCUT2D eigenvalue weighted by molar-refractivity contribution is 6.30. The number of primary amides is 1. The molecule has 0 atom stereocenters. The summed E-state index contributed by atoms with van der Waals surface area (Å²) in [5, 5.41) is 2.78. The summed E-state index contributed by atoms with van der Waals surface area (Å²) < 4.78 is 19.1. The molecule has 0 aliphatic rings. The second kappa shape index (κ2) is 7.60. The predicted molar refractivity (Wildman–Crippen MR) is 83.7 cm³/mol. The molecule has 0 aliphatic heterocycles. The van der Waals surface area contributed by atoms with Gasteiger partial charge in [-0.1, -0.05) is 17.7 Å². The van der Waals surface area contributed by atoms with Gasteiger partial charge in [0.05, 0.1) is 6.54 Å². The first-order chi connectivity index (χ1) is 11.0. The van der Waals surface area contributed by atoms with Crippen molar-refractivity contribution in [2.75, 3.05) is 6.54 Å². The number of benzene rings is 2. The smallest absolute Gasteiger partial charge is 0.251 e. The minimum atomic E-state index is -0.637. The van der Waals surface area contributed by atoms with Crippen LogP contribution in [0, 0.1) is 5.82 Å². The van der Waals surface area contributed by atoms with E-state index in [4.69, 9.17) is 22.1 Å². The minimum absolute atomic E-state index is 0.0290. The molecule has 0 saturated carbocycles. The Morgan fingerprint density at radius 2 is 2.00 bits per heavy atom. The van der Waals surface area contributed by atoms with Crippen LogP contribution < -0.4 is 15.8 Å². The third kappa shape index (κ3) is 4.96. The van der Waals surface area contributed by atoms with Crippen LogP contribution in [-0.2, 0) is 11.4 Å². The van der Waals surface area contributed by atoms with Crippen molar-refractivity contribution in [2.24, 2.45) is 5.73 Å². The minimum Gasteiger partial charge on any atom is -0.489 e. The van der Waals surface area contributed by atoms with Crippen LogP contribution in [0.4, 0.5) is 4.39 Å². The SMILES string of the molecule is NC(=O)CNC(=O)c1cccc(OCc2cc(Cl)ccc2F)c1. The van der Waals surface area contributed by atoms with Crippen LogP contribution in [0.5, 0.6) is 5.75 Å². The Labute approximate surface area is 137 Å². The molecule has 0 fully saturated rings. The first-order valence-corrected chi connectivity index (χ1v) is 7.07. The van der Waals surface area contributed by atoms with E-state index in [1.165, 1.54) is 24.3 Å². The number of halogens is 2. The van der Waals surface area contributed by atoms with E-state index < -0.39 is 17.6 Å². The van der Waals surface area contributed by atoms with Gasteiger partial charge < -0.3 is 15.8 Å². The first-order valence-electron chi connectivity index (χ1n) is 6.69. The highest BCUT2D eigenvalue weighted by Crippen LogP contribution is 2.19. The molecule has 3 N–H and O–H groups in total. The number of carbonyl (C=O) groups excluding carboxylic acids is 2. The molecule has 0 heterocycles. The number of nitrogens with two attached hydrogens (primary N) is 1. The van der Waals surface area contributed by atoms with Gasteiger partial charge in [-0.2, -0.15) is 0 Å². The van der Waals surface area contributed by atoms with Gasteiger partial charge in [-0.25, -0.2) is 4.39 Å². The molecule has 0 aliphatic carbocycles. The van der Waals surface area contributed by atoms with Gasteiger partial charge in [0.1, 0.15) is 18.2 Å². The number of rotatable bonds is 6. The summed E-state index contributed by atoms with van der Waals surface area (Å²) in [6, 6.07) is 10.5. The van der Waals surface area contributed by atoms with Gasteiger partial charge in [0.2, 0.25) is 5.91 Å². The van der Waals surface area contributed by atoms with E-state index in [0.29, 0.717) is 21.9 Å². The molecule has 0 radical (unpaired) electrons. The number of amides is 2. The third-order valence-corrected chi connectivity index (χ3v) is 3.16. The van der Waals surface area contributed by atoms with Crippen molar-refractivity contribution >= 4 is 23.4 Å². The predicted octanol–water partition coefficient (Wildman–Crippen LogP) is 2.27. The van der Waals surface area contributed by atoms with E-state index in [-0.39, 0.29) is 13.2 Å². The van der Waals surface area contributed by atoms with Crippen LogP contribution in [-0.4, -0.2) is 18.4 Å². The molecular formula is C16H14ClFN2O3. The van der Waals surface area contributed by atoms with Crippen LogP contribution in [0.25, 0.3) is 0 Å². The molecule has 2 aromatic carbocycles. The summed E-state index contributed by atoms with van der Waals surface area (Å²) in [5.41, 5.74) is 5.57. The maximum Gasteiger partial charge on any atom is 0.251 e. The molecule has 0 unspecified atom stereocenters. The Kier molecular flexibility index (Phi) is 5.54. The van der Waals surface area contributed by atoms with Gasteiger partial charge in [0.25, 0.3) is 5.91 Å². The molecular weight excluding hydrogens is 323 g/mol. The van der Waals surface area contributed by atoms with Crippen molar-refractivity contribution in [2.45, 2.75) is 6.61 Å². The molecule has 0 spiro atoms. The number of hydrogen-bond donors (Lipinski definition) is 2. The fourth-order valence-corrected chi connectivity index (χ4v) is 2.01. The van der Waals surface area contributed by atoms with Crippen molar-refractivity contribution in [3.8, 4) is 5.75 Å². The quantitative estimate of drug-likeness (QED) is 0.849. The Morgan fingerprint density at radius 3 is 2.74 bits per heavy atom. The maximum atomic E-state index is 13.6. The zero-order chi connectivity index (χ0) is 16.8. The molecule has 2 amide bonds. The first kappa shape index (κ1) is 16.8. The van der Waals surface area contributed by atoms with E-state index in [0.717, 1.165) is 0 Å². The fourth-order valence-electron chi connectivity index (χ4n) is 1.81. The highest BCUT2D eigenvalue weighted by Gasteiger charge is 2.09. The van der Waals surface area contributed by atoms with Crippen LogP contribution >= 0.6 is 11.6 Å². The van der Waals surface area contributed by atoms with Crippen molar-refractivity contribution < 1.29 is 18.7 Å². The lowest BCUT2D eigenvalue weighted by Crippen LogP contribution is -2.33. The molecule has 0 aromatic heterocycles. The summed E-state index contributed by atoms with van der Waals surface area (Å²) in [6.45, 7) is -0.281. The van der Waals surface area contributed by atoms with E-state index in [2.05, 4.69) is 5.32 Å². The zero-order valence-corrected chi connectivity index (χ0v) is 12.8. The topological polar surface area (TPSA) is 81.4 Å². The Hall–Kier alpha value is -2.60. The second-order valence-corrected chi connectivity index (χ2v) is 5.14.